The normalized spacial score (nSPS) is 12.3. The van der Waals surface area contributed by atoms with Gasteiger partial charge < -0.3 is 9.64 Å². The minimum absolute atomic E-state index is 0.957. The summed E-state index contributed by atoms with van der Waals surface area (Å²) < 4.78 is 6.03. The molecule has 0 saturated carbocycles. The molecule has 98 valence electrons. The third-order valence-electron chi connectivity index (χ3n) is 3.77. The van der Waals surface area contributed by atoms with Gasteiger partial charge in [-0.1, -0.05) is 24.3 Å². The van der Waals surface area contributed by atoms with E-state index >= 15 is 0 Å². The molecule has 2 aromatic rings. The Hall–Kier alpha value is -1.96. The highest BCUT2D eigenvalue weighted by Crippen LogP contribution is 2.40. The maximum atomic E-state index is 6.03. The summed E-state index contributed by atoms with van der Waals surface area (Å²) in [5, 5.41) is 0. The van der Waals surface area contributed by atoms with Gasteiger partial charge in [-0.3, -0.25) is 0 Å². The van der Waals surface area contributed by atoms with Crippen molar-refractivity contribution in [1.82, 2.24) is 0 Å². The van der Waals surface area contributed by atoms with E-state index in [1.165, 1.54) is 16.8 Å². The van der Waals surface area contributed by atoms with E-state index in [9.17, 15) is 0 Å². The predicted molar refractivity (Wildman–Crippen MR) is 79.3 cm³/mol. The largest absolute Gasteiger partial charge is 0.457 e. The lowest BCUT2D eigenvalue weighted by Gasteiger charge is -2.28. The number of hydrogen-bond acceptors (Lipinski definition) is 2. The summed E-state index contributed by atoms with van der Waals surface area (Å²) in [6.45, 7) is 6.43. The fraction of sp³-hybridized carbons (Fsp3) is 0.294. The van der Waals surface area contributed by atoms with Gasteiger partial charge in [-0.05, 0) is 37.6 Å². The van der Waals surface area contributed by atoms with E-state index in [-0.39, 0.29) is 0 Å². The Morgan fingerprint density at radius 3 is 2.47 bits per heavy atom. The third kappa shape index (κ3) is 2.07. The molecule has 2 nitrogen and oxygen atoms in total. The molecule has 0 spiro atoms. The maximum absolute atomic E-state index is 6.03. The van der Waals surface area contributed by atoms with Gasteiger partial charge in [0, 0.05) is 30.8 Å². The zero-order chi connectivity index (χ0) is 13.2. The third-order valence-corrected chi connectivity index (χ3v) is 3.77. The number of rotatable bonds is 3. The van der Waals surface area contributed by atoms with Gasteiger partial charge in [-0.15, -0.1) is 0 Å². The van der Waals surface area contributed by atoms with Crippen LogP contribution in [0.3, 0.4) is 0 Å². The molecule has 0 aliphatic carbocycles. The standard InChI is InChI=1S/C17H19NO/c1-3-18(4-2)15-9-7-11-17-14(15)12-13-8-5-6-10-16(13)19-17/h5-11H,3-4,12H2,1-2H3. The average Bonchev–Trinajstić information content (AvgIpc) is 2.46. The van der Waals surface area contributed by atoms with Crippen LogP contribution in [-0.2, 0) is 6.42 Å². The van der Waals surface area contributed by atoms with Gasteiger partial charge in [-0.2, -0.15) is 0 Å². The molecule has 2 heteroatoms. The van der Waals surface area contributed by atoms with Crippen LogP contribution in [0.15, 0.2) is 42.5 Å². The first kappa shape index (κ1) is 12.1. The summed E-state index contributed by atoms with van der Waals surface area (Å²) in [6, 6.07) is 14.6. The van der Waals surface area contributed by atoms with Crippen LogP contribution in [-0.4, -0.2) is 13.1 Å². The lowest BCUT2D eigenvalue weighted by molar-refractivity contribution is 0.460. The predicted octanol–water partition coefficient (Wildman–Crippen LogP) is 4.23. The van der Waals surface area contributed by atoms with Crippen LogP contribution in [0.25, 0.3) is 0 Å². The van der Waals surface area contributed by atoms with Gasteiger partial charge in [0.15, 0.2) is 0 Å². The smallest absolute Gasteiger partial charge is 0.133 e. The van der Waals surface area contributed by atoms with E-state index in [4.69, 9.17) is 4.74 Å². The molecular formula is C17H19NO. The highest BCUT2D eigenvalue weighted by molar-refractivity contribution is 5.64. The van der Waals surface area contributed by atoms with Gasteiger partial charge in [0.2, 0.25) is 0 Å². The molecule has 0 fully saturated rings. The maximum Gasteiger partial charge on any atom is 0.133 e. The van der Waals surface area contributed by atoms with Gasteiger partial charge >= 0.3 is 0 Å². The zero-order valence-electron chi connectivity index (χ0n) is 11.5. The van der Waals surface area contributed by atoms with Gasteiger partial charge in [-0.25, -0.2) is 0 Å². The molecule has 1 aliphatic rings. The van der Waals surface area contributed by atoms with Crippen molar-refractivity contribution in [3.05, 3.63) is 53.6 Å². The summed E-state index contributed by atoms with van der Waals surface area (Å²) in [4.78, 5) is 2.39. The number of anilines is 1. The Kier molecular flexibility index (Phi) is 3.16. The molecule has 0 N–H and O–H groups in total. The summed E-state index contributed by atoms with van der Waals surface area (Å²) in [7, 11) is 0. The summed E-state index contributed by atoms with van der Waals surface area (Å²) in [5.41, 5.74) is 3.89. The Morgan fingerprint density at radius 2 is 1.68 bits per heavy atom. The van der Waals surface area contributed by atoms with E-state index in [1.54, 1.807) is 0 Å². The molecule has 0 aromatic heterocycles. The fourth-order valence-corrected chi connectivity index (χ4v) is 2.75. The van der Waals surface area contributed by atoms with Crippen LogP contribution in [0.2, 0.25) is 0 Å². The number of para-hydroxylation sites is 1. The summed E-state index contributed by atoms with van der Waals surface area (Å²) >= 11 is 0. The molecule has 19 heavy (non-hydrogen) atoms. The molecule has 3 rings (SSSR count). The van der Waals surface area contributed by atoms with Gasteiger partial charge in [0.1, 0.15) is 11.5 Å². The topological polar surface area (TPSA) is 12.5 Å². The van der Waals surface area contributed by atoms with Crippen molar-refractivity contribution in [1.29, 1.82) is 0 Å². The van der Waals surface area contributed by atoms with Crippen LogP contribution in [0.1, 0.15) is 25.0 Å². The Morgan fingerprint density at radius 1 is 0.947 bits per heavy atom. The van der Waals surface area contributed by atoms with E-state index in [2.05, 4.69) is 49.1 Å². The molecule has 2 aromatic carbocycles. The van der Waals surface area contributed by atoms with Crippen molar-refractivity contribution < 1.29 is 4.74 Å². The van der Waals surface area contributed by atoms with Crippen molar-refractivity contribution in [2.45, 2.75) is 20.3 Å². The van der Waals surface area contributed by atoms with Crippen LogP contribution >= 0.6 is 0 Å². The zero-order valence-corrected chi connectivity index (χ0v) is 11.5. The van der Waals surface area contributed by atoms with Gasteiger partial charge in [0.05, 0.1) is 0 Å². The minimum atomic E-state index is 0.957. The second-order valence-corrected chi connectivity index (χ2v) is 4.81. The Balaban J connectivity index is 2.06. The first-order valence-corrected chi connectivity index (χ1v) is 6.96. The van der Waals surface area contributed by atoms with Crippen LogP contribution < -0.4 is 9.64 Å². The average molecular weight is 253 g/mol. The molecular weight excluding hydrogens is 234 g/mol. The first-order chi connectivity index (χ1) is 9.33. The molecule has 0 saturated heterocycles. The number of nitrogens with zero attached hydrogens (tertiary/aromatic N) is 1. The van der Waals surface area contributed by atoms with E-state index < -0.39 is 0 Å². The molecule has 1 heterocycles. The number of benzene rings is 2. The molecule has 1 aliphatic heterocycles. The fourth-order valence-electron chi connectivity index (χ4n) is 2.75. The van der Waals surface area contributed by atoms with Crippen molar-refractivity contribution >= 4 is 5.69 Å². The van der Waals surface area contributed by atoms with Crippen molar-refractivity contribution in [3.63, 3.8) is 0 Å². The molecule has 0 bridgehead atoms. The second-order valence-electron chi connectivity index (χ2n) is 4.81. The highest BCUT2D eigenvalue weighted by Gasteiger charge is 2.20. The molecule has 0 radical (unpaired) electrons. The second kappa shape index (κ2) is 4.96. The monoisotopic (exact) mass is 253 g/mol. The van der Waals surface area contributed by atoms with Crippen molar-refractivity contribution in [2.24, 2.45) is 0 Å². The number of fused-ring (bicyclic) bond motifs is 2. The Labute approximate surface area is 114 Å². The van der Waals surface area contributed by atoms with Gasteiger partial charge in [0.25, 0.3) is 0 Å². The molecule has 0 atom stereocenters. The summed E-state index contributed by atoms with van der Waals surface area (Å²) in [6.07, 6.45) is 0.957. The lowest BCUT2D eigenvalue weighted by Crippen LogP contribution is -2.23. The van der Waals surface area contributed by atoms with Crippen molar-refractivity contribution in [2.75, 3.05) is 18.0 Å². The SMILES string of the molecule is CCN(CC)c1cccc2c1Cc1ccccc1O2. The van der Waals surface area contributed by atoms with E-state index in [0.29, 0.717) is 0 Å². The molecule has 0 unspecified atom stereocenters. The minimum Gasteiger partial charge on any atom is -0.457 e. The van der Waals surface area contributed by atoms with Crippen LogP contribution in [0.5, 0.6) is 11.5 Å². The summed E-state index contributed by atoms with van der Waals surface area (Å²) in [5.74, 6) is 2.00. The van der Waals surface area contributed by atoms with Crippen LogP contribution in [0.4, 0.5) is 5.69 Å². The quantitative estimate of drug-likeness (QED) is 0.692. The number of ether oxygens (including phenoxy) is 1. The lowest BCUT2D eigenvalue weighted by atomic mass is 9.98. The van der Waals surface area contributed by atoms with E-state index in [0.717, 1.165) is 31.0 Å². The number of hydrogen-bond donors (Lipinski definition) is 0. The Bertz CT molecular complexity index is 588. The first-order valence-electron chi connectivity index (χ1n) is 6.96. The van der Waals surface area contributed by atoms with Crippen LogP contribution in [0, 0.1) is 0 Å². The highest BCUT2D eigenvalue weighted by atomic mass is 16.5. The van der Waals surface area contributed by atoms with E-state index in [1.807, 2.05) is 12.1 Å². The van der Waals surface area contributed by atoms with Crippen molar-refractivity contribution in [3.8, 4) is 11.5 Å². The molecule has 0 amide bonds.